The zero-order valence-electron chi connectivity index (χ0n) is 10.6. The van der Waals surface area contributed by atoms with Crippen LogP contribution in [0.25, 0.3) is 0 Å². The van der Waals surface area contributed by atoms with Gasteiger partial charge in [0, 0.05) is 12.5 Å². The van der Waals surface area contributed by atoms with Gasteiger partial charge in [0.2, 0.25) is 0 Å². The summed E-state index contributed by atoms with van der Waals surface area (Å²) in [5.41, 5.74) is -0.492. The van der Waals surface area contributed by atoms with E-state index >= 15 is 0 Å². The van der Waals surface area contributed by atoms with Crippen LogP contribution in [0.2, 0.25) is 0 Å². The van der Waals surface area contributed by atoms with Crippen LogP contribution in [0.3, 0.4) is 0 Å². The second kappa shape index (κ2) is 4.17. The van der Waals surface area contributed by atoms with Crippen molar-refractivity contribution in [3.8, 4) is 0 Å². The summed E-state index contributed by atoms with van der Waals surface area (Å²) in [4.78, 5) is 24.7. The molecule has 0 saturated carbocycles. The van der Waals surface area contributed by atoms with Gasteiger partial charge in [0.25, 0.3) is 0 Å². The fraction of sp³-hybridized carbons (Fsp3) is 0.692. The van der Waals surface area contributed by atoms with Crippen LogP contribution in [-0.2, 0) is 9.53 Å². The molecule has 2 bridgehead atoms. The van der Waals surface area contributed by atoms with Crippen LogP contribution in [-0.4, -0.2) is 35.5 Å². The number of hydrogen-bond donors (Lipinski definition) is 0. The number of fused-ring (bicyclic) bond motifs is 2. The van der Waals surface area contributed by atoms with E-state index in [9.17, 15) is 9.59 Å². The monoisotopic (exact) mass is 237 g/mol. The lowest BCUT2D eigenvalue weighted by molar-refractivity contribution is -0.114. The third-order valence-electron chi connectivity index (χ3n) is 3.19. The molecule has 2 heterocycles. The summed E-state index contributed by atoms with van der Waals surface area (Å²) in [6, 6.07) is -0.118. The van der Waals surface area contributed by atoms with Gasteiger partial charge in [-0.3, -0.25) is 0 Å². The van der Waals surface area contributed by atoms with Crippen molar-refractivity contribution in [2.45, 2.75) is 38.8 Å². The number of piperidine rings is 1. The predicted molar refractivity (Wildman–Crippen MR) is 63.5 cm³/mol. The molecule has 2 aliphatic heterocycles. The third-order valence-corrected chi connectivity index (χ3v) is 3.19. The van der Waals surface area contributed by atoms with Crippen LogP contribution in [0.4, 0.5) is 4.79 Å². The Hall–Kier alpha value is -1.32. The maximum atomic E-state index is 12.0. The van der Waals surface area contributed by atoms with Gasteiger partial charge in [0.1, 0.15) is 11.9 Å². The number of amides is 1. The number of carbonyl (C=O) groups is 2. The number of ether oxygens (including phenoxy) is 1. The Balaban J connectivity index is 2.10. The molecule has 17 heavy (non-hydrogen) atoms. The lowest BCUT2D eigenvalue weighted by atomic mass is 9.78. The van der Waals surface area contributed by atoms with Crippen molar-refractivity contribution >= 4 is 12.4 Å². The Morgan fingerprint density at radius 2 is 2.12 bits per heavy atom. The van der Waals surface area contributed by atoms with Crippen molar-refractivity contribution in [1.82, 2.24) is 4.90 Å². The lowest BCUT2D eigenvalue weighted by Gasteiger charge is -2.44. The SMILES string of the molecule is CC(C)(C)OC(=O)N1C[C@@H]2C=C[C@@H]1[C@@H](C=O)C2. The maximum absolute atomic E-state index is 12.0. The highest BCUT2D eigenvalue weighted by Crippen LogP contribution is 2.34. The second-order valence-corrected chi connectivity index (χ2v) is 5.80. The molecule has 0 unspecified atom stereocenters. The van der Waals surface area contributed by atoms with Crippen molar-refractivity contribution in [2.24, 2.45) is 11.8 Å². The Morgan fingerprint density at radius 1 is 1.41 bits per heavy atom. The highest BCUT2D eigenvalue weighted by molar-refractivity contribution is 5.71. The Bertz CT molecular complexity index is 356. The van der Waals surface area contributed by atoms with E-state index < -0.39 is 5.60 Å². The molecule has 1 saturated heterocycles. The number of rotatable bonds is 1. The minimum absolute atomic E-state index is 0.0775. The molecule has 1 aliphatic carbocycles. The van der Waals surface area contributed by atoms with Gasteiger partial charge >= 0.3 is 6.09 Å². The standard InChI is InChI=1S/C13H19NO3/c1-13(2,3)17-12(16)14-7-9-4-5-11(14)10(6-9)8-15/h4-5,8-11H,6-7H2,1-3H3/t9-,10-,11-/m1/s1. The molecule has 3 atom stereocenters. The summed E-state index contributed by atoms with van der Waals surface area (Å²) in [5.74, 6) is 0.217. The Morgan fingerprint density at radius 3 is 2.65 bits per heavy atom. The maximum Gasteiger partial charge on any atom is 0.410 e. The van der Waals surface area contributed by atoms with Crippen LogP contribution < -0.4 is 0 Å². The first kappa shape index (κ1) is 12.1. The van der Waals surface area contributed by atoms with Crippen molar-refractivity contribution in [1.29, 1.82) is 0 Å². The number of aldehydes is 1. The molecule has 0 radical (unpaired) electrons. The smallest absolute Gasteiger partial charge is 0.410 e. The first-order valence-electron chi connectivity index (χ1n) is 6.04. The van der Waals surface area contributed by atoms with Gasteiger partial charge < -0.3 is 14.4 Å². The molecule has 1 fully saturated rings. The van der Waals surface area contributed by atoms with Crippen molar-refractivity contribution in [3.05, 3.63) is 12.2 Å². The van der Waals surface area contributed by atoms with Gasteiger partial charge in [-0.15, -0.1) is 0 Å². The molecule has 94 valence electrons. The van der Waals surface area contributed by atoms with Crippen LogP contribution in [0.5, 0.6) is 0 Å². The summed E-state index contributed by atoms with van der Waals surface area (Å²) in [6.45, 7) is 6.21. The van der Waals surface area contributed by atoms with Crippen molar-refractivity contribution < 1.29 is 14.3 Å². The van der Waals surface area contributed by atoms with E-state index in [1.807, 2.05) is 26.8 Å². The molecule has 3 rings (SSSR count). The summed E-state index contributed by atoms with van der Waals surface area (Å²) < 4.78 is 5.36. The van der Waals surface area contributed by atoms with E-state index in [-0.39, 0.29) is 18.1 Å². The molecule has 3 aliphatic rings. The van der Waals surface area contributed by atoms with E-state index in [1.165, 1.54) is 0 Å². The van der Waals surface area contributed by atoms with E-state index in [1.54, 1.807) is 4.90 Å². The van der Waals surface area contributed by atoms with Gasteiger partial charge in [-0.1, -0.05) is 12.2 Å². The van der Waals surface area contributed by atoms with E-state index in [0.29, 0.717) is 12.5 Å². The van der Waals surface area contributed by atoms with Crippen LogP contribution in [0.1, 0.15) is 27.2 Å². The minimum Gasteiger partial charge on any atom is -0.444 e. The number of carbonyl (C=O) groups excluding carboxylic acids is 2. The topological polar surface area (TPSA) is 46.6 Å². The minimum atomic E-state index is -0.492. The third kappa shape index (κ3) is 2.51. The fourth-order valence-corrected chi connectivity index (χ4v) is 2.48. The summed E-state index contributed by atoms with van der Waals surface area (Å²) in [6.07, 6.45) is 5.55. The zero-order valence-corrected chi connectivity index (χ0v) is 10.6. The normalized spacial score (nSPS) is 31.5. The highest BCUT2D eigenvalue weighted by atomic mass is 16.6. The summed E-state index contributed by atoms with van der Waals surface area (Å²) in [5, 5.41) is 0. The van der Waals surface area contributed by atoms with Crippen molar-refractivity contribution in [2.75, 3.05) is 6.54 Å². The van der Waals surface area contributed by atoms with Gasteiger partial charge in [0.05, 0.1) is 6.04 Å². The summed E-state index contributed by atoms with van der Waals surface area (Å²) >= 11 is 0. The molecule has 0 N–H and O–H groups in total. The number of nitrogens with zero attached hydrogens (tertiary/aromatic N) is 1. The average molecular weight is 237 g/mol. The predicted octanol–water partition coefficient (Wildman–Crippen LogP) is 2.00. The van der Waals surface area contributed by atoms with Gasteiger partial charge in [-0.2, -0.15) is 0 Å². The Labute approximate surface area is 102 Å². The molecule has 0 spiro atoms. The van der Waals surface area contributed by atoms with E-state index in [2.05, 4.69) is 6.08 Å². The quantitative estimate of drug-likeness (QED) is 0.517. The molecular formula is C13H19NO3. The number of hydrogen-bond acceptors (Lipinski definition) is 3. The van der Waals surface area contributed by atoms with E-state index in [0.717, 1.165) is 12.7 Å². The van der Waals surface area contributed by atoms with Crippen LogP contribution in [0.15, 0.2) is 12.2 Å². The first-order valence-corrected chi connectivity index (χ1v) is 6.04. The largest absolute Gasteiger partial charge is 0.444 e. The summed E-state index contributed by atoms with van der Waals surface area (Å²) in [7, 11) is 0. The zero-order chi connectivity index (χ0) is 12.6. The van der Waals surface area contributed by atoms with E-state index in [4.69, 9.17) is 4.74 Å². The molecule has 0 aromatic heterocycles. The van der Waals surface area contributed by atoms with Gasteiger partial charge in [-0.25, -0.2) is 4.79 Å². The molecule has 0 aromatic carbocycles. The fourth-order valence-electron chi connectivity index (χ4n) is 2.48. The second-order valence-electron chi connectivity index (χ2n) is 5.80. The molecule has 0 aromatic rings. The van der Waals surface area contributed by atoms with Gasteiger partial charge in [-0.05, 0) is 33.1 Å². The first-order chi connectivity index (χ1) is 7.90. The molecule has 1 amide bonds. The molecule has 4 heteroatoms. The van der Waals surface area contributed by atoms with Gasteiger partial charge in [0.15, 0.2) is 0 Å². The molecular weight excluding hydrogens is 218 g/mol. The molecule has 4 nitrogen and oxygen atoms in total. The van der Waals surface area contributed by atoms with Crippen molar-refractivity contribution in [3.63, 3.8) is 0 Å². The van der Waals surface area contributed by atoms with Crippen LogP contribution >= 0.6 is 0 Å². The Kier molecular flexibility index (Phi) is 2.98. The average Bonchev–Trinajstić information content (AvgIpc) is 2.27. The van der Waals surface area contributed by atoms with Crippen LogP contribution in [0, 0.1) is 11.8 Å². The highest BCUT2D eigenvalue weighted by Gasteiger charge is 2.41. The lowest BCUT2D eigenvalue weighted by Crippen LogP contribution is -2.54.